The lowest BCUT2D eigenvalue weighted by atomic mass is 9.99. The Morgan fingerprint density at radius 1 is 0.286 bits per heavy atom. The summed E-state index contributed by atoms with van der Waals surface area (Å²) < 4.78 is 9.19. The predicted octanol–water partition coefficient (Wildman–Crippen LogP) is 14.1. The highest BCUT2D eigenvalue weighted by atomic mass is 32.1. The number of hydrogen-bond donors (Lipinski definition) is 0. The van der Waals surface area contributed by atoms with Crippen LogP contribution < -0.4 is 0 Å². The minimum atomic E-state index is 0.593. The third-order valence-electron chi connectivity index (χ3n) is 10.6. The van der Waals surface area contributed by atoms with Crippen molar-refractivity contribution in [3.05, 3.63) is 188 Å². The number of thiophene rings is 1. The molecule has 0 radical (unpaired) electrons. The first-order valence-electron chi connectivity index (χ1n) is 18.7. The van der Waals surface area contributed by atoms with E-state index in [4.69, 9.17) is 19.4 Å². The van der Waals surface area contributed by atoms with Crippen LogP contribution in [-0.4, -0.2) is 15.0 Å². The minimum absolute atomic E-state index is 0.593. The topological polar surface area (TPSA) is 51.8 Å². The molecule has 11 aromatic rings. The molecule has 0 bridgehead atoms. The summed E-state index contributed by atoms with van der Waals surface area (Å²) in [6.45, 7) is 0. The Labute approximate surface area is 327 Å². The van der Waals surface area contributed by atoms with Gasteiger partial charge >= 0.3 is 0 Å². The van der Waals surface area contributed by atoms with Crippen molar-refractivity contribution in [3.8, 4) is 67.5 Å². The maximum atomic E-state index is 6.55. The van der Waals surface area contributed by atoms with Crippen LogP contribution in [0.1, 0.15) is 0 Å². The fourth-order valence-corrected chi connectivity index (χ4v) is 8.79. The molecule has 3 aromatic heterocycles. The number of hydrogen-bond acceptors (Lipinski definition) is 5. The van der Waals surface area contributed by atoms with Crippen molar-refractivity contribution in [1.29, 1.82) is 0 Å². The van der Waals surface area contributed by atoms with Gasteiger partial charge in [-0.1, -0.05) is 152 Å². The summed E-state index contributed by atoms with van der Waals surface area (Å²) in [5, 5.41) is 4.77. The minimum Gasteiger partial charge on any atom is -0.456 e. The highest BCUT2D eigenvalue weighted by Crippen LogP contribution is 2.38. The molecule has 0 amide bonds. The molecule has 5 heteroatoms. The highest BCUT2D eigenvalue weighted by molar-refractivity contribution is 7.25. The fraction of sp³-hybridized carbons (Fsp3) is 0. The maximum Gasteiger partial charge on any atom is 0.164 e. The molecule has 11 rings (SSSR count). The molecule has 56 heavy (non-hydrogen) atoms. The SMILES string of the molecule is c1ccc(-c2ccc(-c3nc(-c4ccccc4)nc(-c4ccc5c(c4)oc4cc(-c6ccc(-c7ccc8c(c7)sc7ccccc78)cc6)ccc45)n3)cc2)cc1. The van der Waals surface area contributed by atoms with E-state index in [1.807, 2.05) is 53.8 Å². The van der Waals surface area contributed by atoms with Crippen LogP contribution in [0.15, 0.2) is 192 Å². The second-order valence-electron chi connectivity index (χ2n) is 14.0. The monoisotopic (exact) mass is 733 g/mol. The molecular weight excluding hydrogens is 703 g/mol. The van der Waals surface area contributed by atoms with Gasteiger partial charge in [-0.2, -0.15) is 0 Å². The van der Waals surface area contributed by atoms with Gasteiger partial charge in [-0.25, -0.2) is 15.0 Å². The zero-order valence-corrected chi connectivity index (χ0v) is 30.9. The largest absolute Gasteiger partial charge is 0.456 e. The third-order valence-corrected chi connectivity index (χ3v) is 11.7. The Balaban J connectivity index is 0.923. The molecule has 0 aliphatic rings. The van der Waals surface area contributed by atoms with Gasteiger partial charge in [0.1, 0.15) is 11.2 Å². The number of fused-ring (bicyclic) bond motifs is 6. The van der Waals surface area contributed by atoms with Crippen LogP contribution in [0.5, 0.6) is 0 Å². The zero-order valence-electron chi connectivity index (χ0n) is 30.1. The van der Waals surface area contributed by atoms with Gasteiger partial charge in [0.05, 0.1) is 0 Å². The lowest BCUT2D eigenvalue weighted by Gasteiger charge is -2.09. The molecule has 3 heterocycles. The molecule has 0 atom stereocenters. The molecular formula is C51H31N3OS. The fourth-order valence-electron chi connectivity index (χ4n) is 7.65. The summed E-state index contributed by atoms with van der Waals surface area (Å²) in [6.07, 6.45) is 0. The second kappa shape index (κ2) is 13.3. The van der Waals surface area contributed by atoms with Gasteiger partial charge in [0.15, 0.2) is 17.5 Å². The standard InChI is InChI=1S/C51H31N3OS/c1-3-9-32(10-4-1)33-19-21-37(22-20-33)50-52-49(36-11-5-2-6-12-36)53-51(54-50)40-25-27-42-41-26-23-38(29-45(41)55-46(42)30-40)34-15-17-35(18-16-34)39-24-28-44-43-13-7-8-14-47(43)56-48(44)31-39/h1-31H. The molecule has 0 saturated heterocycles. The Morgan fingerprint density at radius 2 is 0.679 bits per heavy atom. The summed E-state index contributed by atoms with van der Waals surface area (Å²) >= 11 is 1.85. The van der Waals surface area contributed by atoms with Crippen LogP contribution in [0.4, 0.5) is 0 Å². The highest BCUT2D eigenvalue weighted by Gasteiger charge is 2.16. The average molecular weight is 734 g/mol. The molecule has 262 valence electrons. The normalized spacial score (nSPS) is 11.6. The van der Waals surface area contributed by atoms with Gasteiger partial charge < -0.3 is 4.42 Å². The summed E-state index contributed by atoms with van der Waals surface area (Å²) in [5.74, 6) is 1.84. The Morgan fingerprint density at radius 3 is 1.32 bits per heavy atom. The van der Waals surface area contributed by atoms with Crippen molar-refractivity contribution in [2.75, 3.05) is 0 Å². The van der Waals surface area contributed by atoms with Crippen molar-refractivity contribution < 1.29 is 4.42 Å². The van der Waals surface area contributed by atoms with Gasteiger partial charge in [0.25, 0.3) is 0 Å². The van der Waals surface area contributed by atoms with Crippen LogP contribution in [0.2, 0.25) is 0 Å². The van der Waals surface area contributed by atoms with Crippen LogP contribution in [0.25, 0.3) is 110 Å². The summed E-state index contributed by atoms with van der Waals surface area (Å²) in [7, 11) is 0. The molecule has 0 N–H and O–H groups in total. The number of nitrogens with zero attached hydrogens (tertiary/aromatic N) is 3. The first-order valence-corrected chi connectivity index (χ1v) is 19.5. The molecule has 4 nitrogen and oxygen atoms in total. The molecule has 8 aromatic carbocycles. The lowest BCUT2D eigenvalue weighted by molar-refractivity contribution is 0.669. The van der Waals surface area contributed by atoms with Crippen LogP contribution >= 0.6 is 11.3 Å². The van der Waals surface area contributed by atoms with Crippen molar-refractivity contribution in [2.24, 2.45) is 0 Å². The number of rotatable bonds is 6. The van der Waals surface area contributed by atoms with E-state index in [1.165, 1.54) is 36.9 Å². The smallest absolute Gasteiger partial charge is 0.164 e. The van der Waals surface area contributed by atoms with E-state index in [0.29, 0.717) is 17.5 Å². The van der Waals surface area contributed by atoms with Crippen LogP contribution in [0.3, 0.4) is 0 Å². The van der Waals surface area contributed by atoms with Gasteiger partial charge in [-0.3, -0.25) is 0 Å². The van der Waals surface area contributed by atoms with E-state index in [2.05, 4.69) is 146 Å². The summed E-state index contributed by atoms with van der Waals surface area (Å²) in [5.41, 5.74) is 11.3. The molecule has 0 aliphatic heterocycles. The van der Waals surface area contributed by atoms with Gasteiger partial charge in [0.2, 0.25) is 0 Å². The number of furan rings is 1. The molecule has 0 unspecified atom stereocenters. The number of benzene rings is 8. The van der Waals surface area contributed by atoms with E-state index < -0.39 is 0 Å². The quantitative estimate of drug-likeness (QED) is 0.171. The summed E-state index contributed by atoms with van der Waals surface area (Å²) in [6, 6.07) is 65.8. The van der Waals surface area contributed by atoms with Crippen molar-refractivity contribution in [2.45, 2.75) is 0 Å². The Bertz CT molecular complexity index is 3220. The molecule has 0 fully saturated rings. The number of aromatic nitrogens is 3. The van der Waals surface area contributed by atoms with Crippen LogP contribution in [0, 0.1) is 0 Å². The Kier molecular flexibility index (Phi) is 7.64. The predicted molar refractivity (Wildman–Crippen MR) is 233 cm³/mol. The average Bonchev–Trinajstić information content (AvgIpc) is 3.84. The van der Waals surface area contributed by atoms with Gasteiger partial charge in [-0.05, 0) is 69.8 Å². The zero-order chi connectivity index (χ0) is 37.0. The maximum absolute atomic E-state index is 6.55. The van der Waals surface area contributed by atoms with E-state index >= 15 is 0 Å². The van der Waals surface area contributed by atoms with E-state index in [1.54, 1.807) is 0 Å². The van der Waals surface area contributed by atoms with E-state index in [-0.39, 0.29) is 0 Å². The van der Waals surface area contributed by atoms with Crippen molar-refractivity contribution in [3.63, 3.8) is 0 Å². The van der Waals surface area contributed by atoms with Crippen LogP contribution in [-0.2, 0) is 0 Å². The Hall–Kier alpha value is -7.21. The molecule has 0 aliphatic carbocycles. The van der Waals surface area contributed by atoms with Gasteiger partial charge in [-0.15, -0.1) is 11.3 Å². The van der Waals surface area contributed by atoms with Crippen molar-refractivity contribution in [1.82, 2.24) is 15.0 Å². The molecule has 0 saturated carbocycles. The van der Waals surface area contributed by atoms with E-state index in [0.717, 1.165) is 55.3 Å². The first-order chi connectivity index (χ1) is 27.7. The third kappa shape index (κ3) is 5.74. The van der Waals surface area contributed by atoms with Gasteiger partial charge in [0, 0.05) is 47.6 Å². The lowest BCUT2D eigenvalue weighted by Crippen LogP contribution is -2.00. The van der Waals surface area contributed by atoms with E-state index in [9.17, 15) is 0 Å². The molecule has 0 spiro atoms. The summed E-state index contributed by atoms with van der Waals surface area (Å²) in [4.78, 5) is 14.9. The second-order valence-corrected chi connectivity index (χ2v) is 15.1. The first kappa shape index (κ1) is 32.2. The van der Waals surface area contributed by atoms with Crippen molar-refractivity contribution >= 4 is 53.4 Å².